The number of carbonyl (C=O) groups excluding carboxylic acids is 2. The lowest BCUT2D eigenvalue weighted by molar-refractivity contribution is 0.0991. The Balaban J connectivity index is 2.20. The van der Waals surface area contributed by atoms with Crippen LogP contribution in [0.25, 0.3) is 0 Å². The Kier molecular flexibility index (Phi) is 5.03. The summed E-state index contributed by atoms with van der Waals surface area (Å²) in [6, 6.07) is 14.2. The van der Waals surface area contributed by atoms with E-state index in [4.69, 9.17) is 0 Å². The number of hydrogen-bond donors (Lipinski definition) is 0. The van der Waals surface area contributed by atoms with E-state index >= 15 is 0 Å². The fourth-order valence-electron chi connectivity index (χ4n) is 2.90. The first-order chi connectivity index (χ1) is 12.7. The standard InChI is InChI=1S/C20H14N2O4/c23-19(13-7-3-1-4-8-13)17-15(21-25)11-12-16(22-26)18(17)20(24)14-9-5-2-6-10-14/h1-12,15-16H. The van der Waals surface area contributed by atoms with Crippen LogP contribution in [0, 0.1) is 9.81 Å². The molecule has 0 radical (unpaired) electrons. The third-order valence-corrected chi connectivity index (χ3v) is 4.15. The second-order valence-corrected chi connectivity index (χ2v) is 5.70. The minimum absolute atomic E-state index is 0.104. The SMILES string of the molecule is O=NC1C=CC(N=O)C(C(=O)c2ccccc2)=C1C(=O)c1ccccc1. The monoisotopic (exact) mass is 346 g/mol. The molecule has 0 aliphatic heterocycles. The average Bonchev–Trinajstić information content (AvgIpc) is 2.72. The van der Waals surface area contributed by atoms with Crippen molar-refractivity contribution >= 4 is 11.6 Å². The van der Waals surface area contributed by atoms with Gasteiger partial charge in [0.15, 0.2) is 11.6 Å². The highest BCUT2D eigenvalue weighted by atomic mass is 16.3. The van der Waals surface area contributed by atoms with Crippen LogP contribution < -0.4 is 0 Å². The van der Waals surface area contributed by atoms with Crippen molar-refractivity contribution in [2.45, 2.75) is 12.1 Å². The molecule has 0 fully saturated rings. The van der Waals surface area contributed by atoms with Crippen molar-refractivity contribution in [1.29, 1.82) is 0 Å². The minimum Gasteiger partial charge on any atom is -0.289 e. The molecule has 1 aliphatic rings. The highest BCUT2D eigenvalue weighted by Crippen LogP contribution is 2.30. The third kappa shape index (κ3) is 3.17. The van der Waals surface area contributed by atoms with Crippen molar-refractivity contribution in [2.75, 3.05) is 0 Å². The number of ketones is 2. The van der Waals surface area contributed by atoms with Crippen LogP contribution in [0.4, 0.5) is 0 Å². The normalized spacial score (nSPS) is 19.1. The molecule has 2 aromatic carbocycles. The van der Waals surface area contributed by atoms with Gasteiger partial charge in [0.1, 0.15) is 12.1 Å². The molecule has 0 amide bonds. The summed E-state index contributed by atoms with van der Waals surface area (Å²) >= 11 is 0. The Bertz CT molecular complexity index is 842. The second kappa shape index (κ2) is 7.57. The Hall–Kier alpha value is -3.54. The van der Waals surface area contributed by atoms with Crippen molar-refractivity contribution in [1.82, 2.24) is 0 Å². The average molecular weight is 346 g/mol. The highest BCUT2D eigenvalue weighted by molar-refractivity contribution is 6.19. The molecule has 3 rings (SSSR count). The van der Waals surface area contributed by atoms with Gasteiger partial charge in [-0.05, 0) is 0 Å². The number of benzene rings is 2. The van der Waals surface area contributed by atoms with Crippen molar-refractivity contribution < 1.29 is 9.59 Å². The van der Waals surface area contributed by atoms with Crippen LogP contribution in [0.3, 0.4) is 0 Å². The van der Waals surface area contributed by atoms with Crippen molar-refractivity contribution in [3.05, 3.63) is 105 Å². The zero-order chi connectivity index (χ0) is 18.5. The molecular weight excluding hydrogens is 332 g/mol. The lowest BCUT2D eigenvalue weighted by atomic mass is 9.82. The van der Waals surface area contributed by atoms with Crippen LogP contribution in [-0.2, 0) is 0 Å². The maximum absolute atomic E-state index is 13.0. The van der Waals surface area contributed by atoms with Crippen LogP contribution in [0.2, 0.25) is 0 Å². The number of carbonyl (C=O) groups is 2. The minimum atomic E-state index is -1.15. The van der Waals surface area contributed by atoms with Gasteiger partial charge in [-0.3, -0.25) is 9.59 Å². The van der Waals surface area contributed by atoms with E-state index in [1.807, 2.05) is 0 Å². The molecule has 0 N–H and O–H groups in total. The zero-order valence-corrected chi connectivity index (χ0v) is 13.6. The van der Waals surface area contributed by atoms with E-state index in [-0.39, 0.29) is 11.1 Å². The smallest absolute Gasteiger partial charge is 0.192 e. The van der Waals surface area contributed by atoms with Crippen LogP contribution >= 0.6 is 0 Å². The van der Waals surface area contributed by atoms with Gasteiger partial charge in [-0.25, -0.2) is 0 Å². The summed E-state index contributed by atoms with van der Waals surface area (Å²) in [6.07, 6.45) is 2.66. The molecule has 6 heteroatoms. The molecule has 0 spiro atoms. The van der Waals surface area contributed by atoms with Gasteiger partial charge in [0, 0.05) is 22.3 Å². The largest absolute Gasteiger partial charge is 0.289 e. The molecule has 26 heavy (non-hydrogen) atoms. The van der Waals surface area contributed by atoms with Crippen molar-refractivity contribution in [3.63, 3.8) is 0 Å². The molecule has 2 aromatic rings. The van der Waals surface area contributed by atoms with E-state index in [1.54, 1.807) is 60.7 Å². The first-order valence-electron chi connectivity index (χ1n) is 7.94. The second-order valence-electron chi connectivity index (χ2n) is 5.70. The number of nitrogens with zero attached hydrogens (tertiary/aromatic N) is 2. The van der Waals surface area contributed by atoms with Gasteiger partial charge in [-0.1, -0.05) is 83.2 Å². The third-order valence-electron chi connectivity index (χ3n) is 4.15. The number of rotatable bonds is 6. The molecule has 0 heterocycles. The fraction of sp³-hybridized carbons (Fsp3) is 0.100. The Morgan fingerprint density at radius 1 is 0.615 bits per heavy atom. The van der Waals surface area contributed by atoms with Gasteiger partial charge in [0.25, 0.3) is 0 Å². The first kappa shape index (κ1) is 17.3. The summed E-state index contributed by atoms with van der Waals surface area (Å²) in [5.74, 6) is -1.04. The predicted molar refractivity (Wildman–Crippen MR) is 96.9 cm³/mol. The van der Waals surface area contributed by atoms with Gasteiger partial charge in [-0.2, -0.15) is 0 Å². The van der Waals surface area contributed by atoms with Crippen LogP contribution in [-0.4, -0.2) is 23.7 Å². The number of Topliss-reactive ketones (excluding diaryl/α,β-unsaturated/α-hetero) is 2. The predicted octanol–water partition coefficient (Wildman–Crippen LogP) is 3.89. The van der Waals surface area contributed by atoms with E-state index in [0.717, 1.165) is 0 Å². The molecule has 1 aliphatic carbocycles. The Morgan fingerprint density at radius 2 is 0.962 bits per heavy atom. The molecule has 2 atom stereocenters. The lowest BCUT2D eigenvalue weighted by Gasteiger charge is -2.22. The van der Waals surface area contributed by atoms with Crippen LogP contribution in [0.1, 0.15) is 20.7 Å². The van der Waals surface area contributed by atoms with E-state index in [2.05, 4.69) is 10.4 Å². The number of hydrogen-bond acceptors (Lipinski definition) is 6. The van der Waals surface area contributed by atoms with Crippen molar-refractivity contribution in [2.24, 2.45) is 10.4 Å². The van der Waals surface area contributed by atoms with Crippen LogP contribution in [0.5, 0.6) is 0 Å². The van der Waals surface area contributed by atoms with Gasteiger partial charge in [0.2, 0.25) is 0 Å². The maximum Gasteiger partial charge on any atom is 0.192 e. The molecule has 0 saturated heterocycles. The Morgan fingerprint density at radius 3 is 1.27 bits per heavy atom. The van der Waals surface area contributed by atoms with E-state index in [9.17, 15) is 19.4 Å². The summed E-state index contributed by atoms with van der Waals surface area (Å²) in [7, 11) is 0. The van der Waals surface area contributed by atoms with E-state index in [1.165, 1.54) is 12.2 Å². The molecule has 6 nitrogen and oxygen atoms in total. The zero-order valence-electron chi connectivity index (χ0n) is 13.6. The first-order valence-corrected chi connectivity index (χ1v) is 7.94. The maximum atomic E-state index is 13.0. The van der Waals surface area contributed by atoms with Crippen molar-refractivity contribution in [3.8, 4) is 0 Å². The molecule has 0 saturated carbocycles. The quantitative estimate of drug-likeness (QED) is 0.450. The van der Waals surface area contributed by atoms with Gasteiger partial charge in [-0.15, -0.1) is 9.81 Å². The molecule has 0 bridgehead atoms. The number of nitroso groups, excluding NO2 is 2. The summed E-state index contributed by atoms with van der Waals surface area (Å²) < 4.78 is 0. The molecular formula is C20H14N2O4. The lowest BCUT2D eigenvalue weighted by Crippen LogP contribution is -2.29. The fourth-order valence-corrected chi connectivity index (χ4v) is 2.90. The van der Waals surface area contributed by atoms with E-state index in [0.29, 0.717) is 11.1 Å². The van der Waals surface area contributed by atoms with Gasteiger partial charge in [0.05, 0.1) is 0 Å². The molecule has 2 unspecified atom stereocenters. The summed E-state index contributed by atoms with van der Waals surface area (Å²) in [5, 5.41) is 5.92. The van der Waals surface area contributed by atoms with Gasteiger partial charge < -0.3 is 0 Å². The van der Waals surface area contributed by atoms with E-state index < -0.39 is 23.7 Å². The highest BCUT2D eigenvalue weighted by Gasteiger charge is 2.36. The Labute approximate surface area is 149 Å². The summed E-state index contributed by atoms with van der Waals surface area (Å²) in [4.78, 5) is 48.6. The topological polar surface area (TPSA) is 93.0 Å². The molecule has 128 valence electrons. The summed E-state index contributed by atoms with van der Waals surface area (Å²) in [6.45, 7) is 0. The molecule has 0 aromatic heterocycles. The van der Waals surface area contributed by atoms with Crippen LogP contribution in [0.15, 0.2) is 94.3 Å². The van der Waals surface area contributed by atoms with Gasteiger partial charge >= 0.3 is 0 Å². The summed E-state index contributed by atoms with van der Waals surface area (Å²) in [5.41, 5.74) is 0.392.